The second-order valence-corrected chi connectivity index (χ2v) is 7.71. The van der Waals surface area contributed by atoms with Gasteiger partial charge in [-0.1, -0.05) is 29.5 Å². The molecule has 5 rings (SSSR count). The van der Waals surface area contributed by atoms with Gasteiger partial charge in [0.15, 0.2) is 0 Å². The zero-order valence-electron chi connectivity index (χ0n) is 18.0. The van der Waals surface area contributed by atoms with Crippen LogP contribution in [0.25, 0.3) is 27.6 Å². The van der Waals surface area contributed by atoms with E-state index in [9.17, 15) is 0 Å². The van der Waals surface area contributed by atoms with Crippen LogP contribution >= 0.6 is 0 Å². The molecule has 8 heteroatoms. The van der Waals surface area contributed by atoms with E-state index in [-0.39, 0.29) is 0 Å². The lowest BCUT2D eigenvalue weighted by molar-refractivity contribution is 0.816. The molecule has 0 aliphatic heterocycles. The Bertz CT molecular complexity index is 1440. The number of hydrogen-bond acceptors (Lipinski definition) is 5. The maximum Gasteiger partial charge on any atom is 0.127 e. The Balaban J connectivity index is 1.48. The van der Waals surface area contributed by atoms with Gasteiger partial charge in [-0.3, -0.25) is 4.99 Å². The Hall–Kier alpha value is -4.17. The zero-order valence-corrected chi connectivity index (χ0v) is 18.0. The highest BCUT2D eigenvalue weighted by Gasteiger charge is 2.15. The normalized spacial score (nSPS) is 12.0. The molecule has 5 aromatic rings. The first-order valence-corrected chi connectivity index (χ1v) is 10.3. The summed E-state index contributed by atoms with van der Waals surface area (Å²) in [4.78, 5) is 4.13. The van der Waals surface area contributed by atoms with Gasteiger partial charge in [0.1, 0.15) is 11.4 Å². The number of hydrogen-bond donors (Lipinski definition) is 2. The topological polar surface area (TPSA) is 103 Å². The van der Waals surface area contributed by atoms with E-state index in [0.29, 0.717) is 5.84 Å². The van der Waals surface area contributed by atoms with Crippen LogP contribution in [0, 0.1) is 0 Å². The number of aliphatic imine (C=N–C) groups is 1. The molecule has 0 bridgehead atoms. The highest BCUT2D eigenvalue weighted by atomic mass is 15.4. The van der Waals surface area contributed by atoms with Gasteiger partial charge in [0.25, 0.3) is 0 Å². The van der Waals surface area contributed by atoms with E-state index in [4.69, 9.17) is 11.6 Å². The van der Waals surface area contributed by atoms with E-state index in [1.807, 2.05) is 42.1 Å². The standard InChI is InChI=1S/C24H24N8/c1-27-24(25)19-11-12-21-18(23(19)30(2)26)13-14-31(21)15-16-7-9-17(10-8-16)32-22-6-4-3-5-20(22)28-29-32/h3-14H,15,26H2,1-2H3,(H2,25,27). The van der Waals surface area contributed by atoms with Crippen molar-refractivity contribution in [3.63, 3.8) is 0 Å². The van der Waals surface area contributed by atoms with Crippen molar-refractivity contribution in [2.24, 2.45) is 16.6 Å². The molecule has 0 spiro atoms. The number of amidine groups is 1. The van der Waals surface area contributed by atoms with Crippen LogP contribution in [-0.4, -0.2) is 39.5 Å². The molecular weight excluding hydrogens is 400 g/mol. The van der Waals surface area contributed by atoms with Gasteiger partial charge in [0, 0.05) is 37.8 Å². The number of rotatable bonds is 5. The van der Waals surface area contributed by atoms with Crippen molar-refractivity contribution in [2.75, 3.05) is 19.1 Å². The first kappa shape index (κ1) is 19.8. The average Bonchev–Trinajstić information content (AvgIpc) is 3.43. The minimum Gasteiger partial charge on any atom is -0.383 e. The van der Waals surface area contributed by atoms with E-state index in [2.05, 4.69) is 62.5 Å². The summed E-state index contributed by atoms with van der Waals surface area (Å²) in [5.74, 6) is 6.60. The third kappa shape index (κ3) is 3.27. The number of hydrazine groups is 1. The maximum absolute atomic E-state index is 6.14. The highest BCUT2D eigenvalue weighted by Crippen LogP contribution is 2.30. The summed E-state index contributed by atoms with van der Waals surface area (Å²) in [6.07, 6.45) is 2.07. The van der Waals surface area contributed by atoms with E-state index < -0.39 is 0 Å². The molecular formula is C24H24N8. The predicted octanol–water partition coefficient (Wildman–Crippen LogP) is 3.07. The molecule has 0 radical (unpaired) electrons. The number of anilines is 1. The molecule has 0 saturated carbocycles. The summed E-state index contributed by atoms with van der Waals surface area (Å²) in [5.41, 5.74) is 12.9. The summed E-state index contributed by atoms with van der Waals surface area (Å²) in [6, 6.07) is 22.4. The lowest BCUT2D eigenvalue weighted by atomic mass is 10.1. The van der Waals surface area contributed by atoms with Gasteiger partial charge in [-0.2, -0.15) is 0 Å². The van der Waals surface area contributed by atoms with Gasteiger partial charge in [0.2, 0.25) is 0 Å². The molecule has 8 nitrogen and oxygen atoms in total. The molecule has 160 valence electrons. The number of para-hydroxylation sites is 1. The number of nitrogens with zero attached hydrogens (tertiary/aromatic N) is 6. The van der Waals surface area contributed by atoms with Crippen LogP contribution in [0.1, 0.15) is 11.1 Å². The fourth-order valence-corrected chi connectivity index (χ4v) is 4.10. The summed E-state index contributed by atoms with van der Waals surface area (Å²) in [7, 11) is 3.49. The van der Waals surface area contributed by atoms with Gasteiger partial charge >= 0.3 is 0 Å². The number of nitrogens with two attached hydrogens (primary N) is 2. The lowest BCUT2D eigenvalue weighted by Crippen LogP contribution is -2.28. The van der Waals surface area contributed by atoms with Gasteiger partial charge in [-0.25, -0.2) is 10.5 Å². The van der Waals surface area contributed by atoms with E-state index >= 15 is 0 Å². The smallest absolute Gasteiger partial charge is 0.127 e. The van der Waals surface area contributed by atoms with Gasteiger partial charge in [0.05, 0.1) is 22.4 Å². The summed E-state index contributed by atoms with van der Waals surface area (Å²) in [6.45, 7) is 0.728. The first-order chi connectivity index (χ1) is 15.6. The SMILES string of the molecule is C/N=C(/N)c1ccc2c(ccn2Cc2ccc(-n3nnc4ccccc43)cc2)c1N(C)N. The van der Waals surface area contributed by atoms with Crippen molar-refractivity contribution in [3.8, 4) is 5.69 Å². The second kappa shape index (κ2) is 7.82. The molecule has 3 aromatic carbocycles. The summed E-state index contributed by atoms with van der Waals surface area (Å²) >= 11 is 0. The monoisotopic (exact) mass is 424 g/mol. The van der Waals surface area contributed by atoms with Crippen LogP contribution in [0.2, 0.25) is 0 Å². The predicted molar refractivity (Wildman–Crippen MR) is 129 cm³/mol. The quantitative estimate of drug-likeness (QED) is 0.195. The molecule has 2 heterocycles. The number of fused-ring (bicyclic) bond motifs is 2. The van der Waals surface area contributed by atoms with Crippen molar-refractivity contribution in [3.05, 3.63) is 84.1 Å². The van der Waals surface area contributed by atoms with E-state index in [0.717, 1.165) is 45.4 Å². The molecule has 0 amide bonds. The van der Waals surface area contributed by atoms with Crippen LogP contribution in [0.3, 0.4) is 0 Å². The third-order valence-corrected chi connectivity index (χ3v) is 5.68. The third-order valence-electron chi connectivity index (χ3n) is 5.68. The Kier molecular flexibility index (Phi) is 4.84. The summed E-state index contributed by atoms with van der Waals surface area (Å²) in [5, 5.41) is 11.2. The van der Waals surface area contributed by atoms with E-state index in [1.165, 1.54) is 5.56 Å². The molecule has 0 saturated heterocycles. The zero-order chi connectivity index (χ0) is 22.2. The highest BCUT2D eigenvalue weighted by molar-refractivity contribution is 6.09. The van der Waals surface area contributed by atoms with Crippen molar-refractivity contribution in [1.29, 1.82) is 0 Å². The van der Waals surface area contributed by atoms with Crippen LogP contribution in [0.4, 0.5) is 5.69 Å². The van der Waals surface area contributed by atoms with Gasteiger partial charge < -0.3 is 15.3 Å². The van der Waals surface area contributed by atoms with Crippen LogP contribution in [0.15, 0.2) is 77.9 Å². The molecule has 0 unspecified atom stereocenters. The number of aromatic nitrogens is 4. The van der Waals surface area contributed by atoms with Crippen molar-refractivity contribution in [1.82, 2.24) is 19.6 Å². The van der Waals surface area contributed by atoms with E-state index in [1.54, 1.807) is 12.1 Å². The average molecular weight is 425 g/mol. The lowest BCUT2D eigenvalue weighted by Gasteiger charge is -2.18. The Morgan fingerprint density at radius 3 is 2.53 bits per heavy atom. The number of benzene rings is 3. The molecule has 32 heavy (non-hydrogen) atoms. The molecule has 4 N–H and O–H groups in total. The molecule has 0 aliphatic rings. The van der Waals surface area contributed by atoms with Crippen molar-refractivity contribution >= 4 is 33.5 Å². The van der Waals surface area contributed by atoms with Gasteiger partial charge in [-0.15, -0.1) is 5.10 Å². The fourth-order valence-electron chi connectivity index (χ4n) is 4.10. The Morgan fingerprint density at radius 2 is 1.78 bits per heavy atom. The minimum absolute atomic E-state index is 0.461. The molecule has 0 atom stereocenters. The van der Waals surface area contributed by atoms with Gasteiger partial charge in [-0.05, 0) is 48.0 Å². The second-order valence-electron chi connectivity index (χ2n) is 7.71. The van der Waals surface area contributed by atoms with Crippen molar-refractivity contribution < 1.29 is 0 Å². The largest absolute Gasteiger partial charge is 0.383 e. The maximum atomic E-state index is 6.14. The molecule has 0 aliphatic carbocycles. The van der Waals surface area contributed by atoms with Crippen LogP contribution < -0.4 is 16.6 Å². The minimum atomic E-state index is 0.461. The van der Waals surface area contributed by atoms with Crippen LogP contribution in [-0.2, 0) is 6.54 Å². The molecule has 0 fully saturated rings. The first-order valence-electron chi connectivity index (χ1n) is 10.3. The Labute approximate surface area is 185 Å². The summed E-state index contributed by atoms with van der Waals surface area (Å²) < 4.78 is 4.06. The Morgan fingerprint density at radius 1 is 1.00 bits per heavy atom. The van der Waals surface area contributed by atoms with Crippen molar-refractivity contribution in [2.45, 2.75) is 6.54 Å². The molecule has 2 aromatic heterocycles. The van der Waals surface area contributed by atoms with Crippen LogP contribution in [0.5, 0.6) is 0 Å². The fraction of sp³-hybridized carbons (Fsp3) is 0.125.